The number of hydrogen-bond acceptors (Lipinski definition) is 3. The molecule has 13 heavy (non-hydrogen) atoms. The first-order valence-electron chi connectivity index (χ1n) is 5.51. The molecule has 3 nitrogen and oxygen atoms in total. The van der Waals surface area contributed by atoms with Crippen LogP contribution in [-0.2, 0) is 0 Å². The van der Waals surface area contributed by atoms with Gasteiger partial charge >= 0.3 is 0 Å². The zero-order valence-corrected chi connectivity index (χ0v) is 8.13. The standard InChI is InChI=1S/C10H20N2O/c13-10-3-1-2-9(10)12-8-4-6-11-7-5-8/h8-13H,1-7H2/t9-,10-/m1/s1. The predicted molar refractivity (Wildman–Crippen MR) is 52.7 cm³/mol. The van der Waals surface area contributed by atoms with Crippen LogP contribution in [0.3, 0.4) is 0 Å². The Morgan fingerprint density at radius 2 is 1.85 bits per heavy atom. The summed E-state index contributed by atoms with van der Waals surface area (Å²) in [5.41, 5.74) is 0. The molecule has 2 fully saturated rings. The molecule has 0 bridgehead atoms. The molecule has 1 saturated carbocycles. The highest BCUT2D eigenvalue weighted by Gasteiger charge is 2.27. The Morgan fingerprint density at radius 1 is 1.08 bits per heavy atom. The van der Waals surface area contributed by atoms with Crippen LogP contribution in [0.4, 0.5) is 0 Å². The minimum absolute atomic E-state index is 0.0881. The summed E-state index contributed by atoms with van der Waals surface area (Å²) in [4.78, 5) is 0. The summed E-state index contributed by atoms with van der Waals surface area (Å²) in [6.45, 7) is 2.25. The van der Waals surface area contributed by atoms with E-state index in [1.54, 1.807) is 0 Å². The van der Waals surface area contributed by atoms with Crippen LogP contribution >= 0.6 is 0 Å². The third kappa shape index (κ3) is 2.42. The van der Waals surface area contributed by atoms with Crippen molar-refractivity contribution in [3.05, 3.63) is 0 Å². The highest BCUT2D eigenvalue weighted by Crippen LogP contribution is 2.20. The molecule has 2 rings (SSSR count). The molecule has 1 aliphatic carbocycles. The van der Waals surface area contributed by atoms with Gasteiger partial charge in [0.15, 0.2) is 0 Å². The largest absolute Gasteiger partial charge is 0.392 e. The first-order valence-corrected chi connectivity index (χ1v) is 5.51. The normalized spacial score (nSPS) is 36.7. The van der Waals surface area contributed by atoms with E-state index in [-0.39, 0.29) is 6.10 Å². The lowest BCUT2D eigenvalue weighted by molar-refractivity contribution is 0.139. The molecule has 0 aromatic carbocycles. The average molecular weight is 184 g/mol. The molecule has 3 N–H and O–H groups in total. The summed E-state index contributed by atoms with van der Waals surface area (Å²) in [5.74, 6) is 0. The van der Waals surface area contributed by atoms with Crippen molar-refractivity contribution in [2.75, 3.05) is 13.1 Å². The maximum absolute atomic E-state index is 9.64. The van der Waals surface area contributed by atoms with Gasteiger partial charge in [-0.3, -0.25) is 0 Å². The second-order valence-electron chi connectivity index (χ2n) is 4.30. The Bertz CT molecular complexity index is 157. The van der Waals surface area contributed by atoms with E-state index < -0.39 is 0 Å². The van der Waals surface area contributed by atoms with Gasteiger partial charge in [0.2, 0.25) is 0 Å². The molecule has 0 aromatic rings. The van der Waals surface area contributed by atoms with Gasteiger partial charge in [-0.25, -0.2) is 0 Å². The fourth-order valence-electron chi connectivity index (χ4n) is 2.43. The van der Waals surface area contributed by atoms with E-state index in [1.165, 1.54) is 19.3 Å². The van der Waals surface area contributed by atoms with Crippen molar-refractivity contribution in [3.63, 3.8) is 0 Å². The minimum Gasteiger partial charge on any atom is -0.392 e. The van der Waals surface area contributed by atoms with Gasteiger partial charge in [0.25, 0.3) is 0 Å². The van der Waals surface area contributed by atoms with Gasteiger partial charge in [0, 0.05) is 12.1 Å². The van der Waals surface area contributed by atoms with Gasteiger partial charge in [-0.05, 0) is 45.2 Å². The van der Waals surface area contributed by atoms with Crippen LogP contribution in [0.25, 0.3) is 0 Å². The molecule has 2 atom stereocenters. The fraction of sp³-hybridized carbons (Fsp3) is 1.00. The Balaban J connectivity index is 1.75. The van der Waals surface area contributed by atoms with Crippen molar-refractivity contribution in [3.8, 4) is 0 Å². The SMILES string of the molecule is O[C@@H]1CCC[C@H]1NC1CCNCC1. The van der Waals surface area contributed by atoms with Gasteiger partial charge < -0.3 is 15.7 Å². The second kappa shape index (κ2) is 4.40. The molecular formula is C10H20N2O. The number of nitrogens with one attached hydrogen (secondary N) is 2. The maximum Gasteiger partial charge on any atom is 0.0693 e. The van der Waals surface area contributed by atoms with Gasteiger partial charge in [-0.1, -0.05) is 0 Å². The highest BCUT2D eigenvalue weighted by atomic mass is 16.3. The molecule has 2 aliphatic rings. The van der Waals surface area contributed by atoms with E-state index in [0.717, 1.165) is 25.9 Å². The molecular weight excluding hydrogens is 164 g/mol. The molecule has 1 saturated heterocycles. The van der Waals surface area contributed by atoms with Crippen LogP contribution < -0.4 is 10.6 Å². The van der Waals surface area contributed by atoms with Crippen molar-refractivity contribution >= 4 is 0 Å². The molecule has 0 spiro atoms. The van der Waals surface area contributed by atoms with Crippen molar-refractivity contribution in [1.29, 1.82) is 0 Å². The first-order chi connectivity index (χ1) is 6.36. The summed E-state index contributed by atoms with van der Waals surface area (Å²) in [5, 5.41) is 16.6. The highest BCUT2D eigenvalue weighted by molar-refractivity contribution is 4.86. The zero-order chi connectivity index (χ0) is 9.10. The number of hydrogen-bond donors (Lipinski definition) is 3. The zero-order valence-electron chi connectivity index (χ0n) is 8.13. The lowest BCUT2D eigenvalue weighted by atomic mass is 10.0. The molecule has 76 valence electrons. The van der Waals surface area contributed by atoms with E-state index in [9.17, 15) is 5.11 Å². The Kier molecular flexibility index (Phi) is 3.19. The number of rotatable bonds is 2. The second-order valence-corrected chi connectivity index (χ2v) is 4.30. The summed E-state index contributed by atoms with van der Waals surface area (Å²) in [6, 6.07) is 1.02. The molecule has 0 aromatic heterocycles. The van der Waals surface area contributed by atoms with Gasteiger partial charge in [0.1, 0.15) is 0 Å². The molecule has 1 heterocycles. The smallest absolute Gasteiger partial charge is 0.0693 e. The van der Waals surface area contributed by atoms with E-state index >= 15 is 0 Å². The minimum atomic E-state index is -0.0881. The van der Waals surface area contributed by atoms with E-state index in [0.29, 0.717) is 12.1 Å². The van der Waals surface area contributed by atoms with Gasteiger partial charge in [0.05, 0.1) is 6.10 Å². The topological polar surface area (TPSA) is 44.3 Å². The van der Waals surface area contributed by atoms with Gasteiger partial charge in [-0.2, -0.15) is 0 Å². The average Bonchev–Trinajstić information content (AvgIpc) is 2.54. The van der Waals surface area contributed by atoms with Crippen LogP contribution in [0.5, 0.6) is 0 Å². The number of aliphatic hydroxyl groups excluding tert-OH is 1. The number of piperidine rings is 1. The molecule has 0 radical (unpaired) electrons. The first kappa shape index (κ1) is 9.44. The van der Waals surface area contributed by atoms with Crippen LogP contribution in [0.15, 0.2) is 0 Å². The Morgan fingerprint density at radius 3 is 2.46 bits per heavy atom. The van der Waals surface area contributed by atoms with Gasteiger partial charge in [-0.15, -0.1) is 0 Å². The lowest BCUT2D eigenvalue weighted by Crippen LogP contribution is -2.47. The Labute approximate surface area is 79.9 Å². The van der Waals surface area contributed by atoms with Crippen molar-refractivity contribution in [2.45, 2.75) is 50.3 Å². The van der Waals surface area contributed by atoms with E-state index in [4.69, 9.17) is 0 Å². The van der Waals surface area contributed by atoms with Crippen molar-refractivity contribution in [1.82, 2.24) is 10.6 Å². The van der Waals surface area contributed by atoms with Crippen molar-refractivity contribution in [2.24, 2.45) is 0 Å². The lowest BCUT2D eigenvalue weighted by Gasteiger charge is -2.28. The quantitative estimate of drug-likeness (QED) is 0.576. The molecule has 0 unspecified atom stereocenters. The van der Waals surface area contributed by atoms with Crippen LogP contribution in [0.2, 0.25) is 0 Å². The Hall–Kier alpha value is -0.120. The third-order valence-electron chi connectivity index (χ3n) is 3.27. The molecule has 1 aliphatic heterocycles. The van der Waals surface area contributed by atoms with Crippen molar-refractivity contribution < 1.29 is 5.11 Å². The van der Waals surface area contributed by atoms with Crippen LogP contribution in [-0.4, -0.2) is 36.4 Å². The summed E-state index contributed by atoms with van der Waals surface area (Å²) in [7, 11) is 0. The fourth-order valence-corrected chi connectivity index (χ4v) is 2.43. The maximum atomic E-state index is 9.64. The van der Waals surface area contributed by atoms with E-state index in [2.05, 4.69) is 10.6 Å². The predicted octanol–water partition coefficient (Wildman–Crippen LogP) is 0.241. The number of aliphatic hydroxyl groups is 1. The van der Waals surface area contributed by atoms with E-state index in [1.807, 2.05) is 0 Å². The van der Waals surface area contributed by atoms with Crippen LogP contribution in [0, 0.1) is 0 Å². The summed E-state index contributed by atoms with van der Waals surface area (Å²) in [6.07, 6.45) is 5.67. The third-order valence-corrected chi connectivity index (χ3v) is 3.27. The summed E-state index contributed by atoms with van der Waals surface area (Å²) < 4.78 is 0. The molecule has 0 amide bonds. The monoisotopic (exact) mass is 184 g/mol. The van der Waals surface area contributed by atoms with Crippen LogP contribution in [0.1, 0.15) is 32.1 Å². The molecule has 3 heteroatoms. The summed E-state index contributed by atoms with van der Waals surface area (Å²) >= 11 is 0.